The highest BCUT2D eigenvalue weighted by Gasteiger charge is 2.15. The molecular weight excluding hydrogens is 460 g/mol. The molecule has 0 amide bonds. The van der Waals surface area contributed by atoms with Gasteiger partial charge in [0.05, 0.1) is 33.5 Å². The van der Waals surface area contributed by atoms with Crippen LogP contribution < -0.4 is 0 Å². The fourth-order valence-electron chi connectivity index (χ4n) is 3.30. The normalized spacial score (nSPS) is 10.4. The first kappa shape index (κ1) is 22.1. The lowest BCUT2D eigenvalue weighted by atomic mass is 10.2. The molecule has 0 bridgehead atoms. The van der Waals surface area contributed by atoms with Crippen LogP contribution in [-0.2, 0) is 0 Å². The molecule has 0 saturated carbocycles. The van der Waals surface area contributed by atoms with Gasteiger partial charge in [-0.25, -0.2) is 0 Å². The van der Waals surface area contributed by atoms with Gasteiger partial charge in [0.15, 0.2) is 0 Å². The molecule has 6 rings (SSSR count). The maximum atomic E-state index is 6.32. The summed E-state index contributed by atoms with van der Waals surface area (Å²) in [6.45, 7) is 0. The number of hydrogen-bond donors (Lipinski definition) is 2. The van der Waals surface area contributed by atoms with E-state index >= 15 is 0 Å². The van der Waals surface area contributed by atoms with Gasteiger partial charge in [-0.15, -0.1) is 0 Å². The van der Waals surface area contributed by atoms with Crippen LogP contribution in [0.5, 0.6) is 0 Å². The second kappa shape index (κ2) is 10.5. The molecule has 0 saturated heterocycles. The fraction of sp³-hybridized carbons (Fsp3) is 0. The average Bonchev–Trinajstić information content (AvgIpc) is 3.59. The minimum absolute atomic E-state index is 0.535. The second-order valence-electron chi connectivity index (χ2n) is 7.29. The Balaban J connectivity index is 0.000000145. The Bertz CT molecular complexity index is 1370. The summed E-state index contributed by atoms with van der Waals surface area (Å²) in [7, 11) is 0. The van der Waals surface area contributed by atoms with Crippen LogP contribution in [0.25, 0.3) is 45.6 Å². The number of halogens is 1. The van der Waals surface area contributed by atoms with Crippen LogP contribution in [0.15, 0.2) is 104 Å². The van der Waals surface area contributed by atoms with Crippen molar-refractivity contribution >= 4 is 11.6 Å². The second-order valence-corrected chi connectivity index (χ2v) is 7.67. The van der Waals surface area contributed by atoms with E-state index < -0.39 is 0 Å². The largest absolute Gasteiger partial charge is 0.276 e. The van der Waals surface area contributed by atoms with Gasteiger partial charge in [0.25, 0.3) is 0 Å². The van der Waals surface area contributed by atoms with Crippen molar-refractivity contribution in [3.8, 4) is 45.6 Å². The number of aromatic amines is 2. The van der Waals surface area contributed by atoms with Crippen LogP contribution in [-0.4, -0.2) is 40.3 Å². The quantitative estimate of drug-likeness (QED) is 0.335. The molecule has 0 aliphatic carbocycles. The van der Waals surface area contributed by atoms with Gasteiger partial charge in [-0.2, -0.15) is 10.2 Å². The van der Waals surface area contributed by atoms with E-state index in [1.807, 2.05) is 78.9 Å². The molecule has 170 valence electrons. The van der Waals surface area contributed by atoms with Crippen molar-refractivity contribution in [3.05, 3.63) is 109 Å². The number of nitrogens with one attached hydrogen (secondary N) is 2. The Labute approximate surface area is 206 Å². The van der Waals surface area contributed by atoms with Crippen molar-refractivity contribution in [2.45, 2.75) is 0 Å². The third-order valence-electron chi connectivity index (χ3n) is 4.98. The zero-order chi connectivity index (χ0) is 23.9. The van der Waals surface area contributed by atoms with Crippen molar-refractivity contribution in [3.63, 3.8) is 0 Å². The van der Waals surface area contributed by atoms with Crippen LogP contribution >= 0.6 is 11.6 Å². The van der Waals surface area contributed by atoms with E-state index in [0.717, 1.165) is 34.2 Å². The van der Waals surface area contributed by atoms with Crippen LogP contribution in [0.4, 0.5) is 0 Å². The molecule has 8 nitrogen and oxygen atoms in total. The van der Waals surface area contributed by atoms with E-state index in [1.54, 1.807) is 24.8 Å². The van der Waals surface area contributed by atoms with Gasteiger partial charge in [0.1, 0.15) is 17.1 Å². The number of pyridine rings is 4. The molecule has 2 N–H and O–H groups in total. The summed E-state index contributed by atoms with van der Waals surface area (Å²) >= 11 is 6.32. The predicted molar refractivity (Wildman–Crippen MR) is 135 cm³/mol. The summed E-state index contributed by atoms with van der Waals surface area (Å²) in [6, 6.07) is 24.7. The molecule has 0 aromatic carbocycles. The summed E-state index contributed by atoms with van der Waals surface area (Å²) < 4.78 is 0. The van der Waals surface area contributed by atoms with E-state index in [0.29, 0.717) is 16.4 Å². The minimum Gasteiger partial charge on any atom is -0.276 e. The zero-order valence-electron chi connectivity index (χ0n) is 18.4. The molecule has 6 heterocycles. The van der Waals surface area contributed by atoms with Crippen molar-refractivity contribution in [1.82, 2.24) is 40.3 Å². The molecular formula is C26H19ClN8. The summed E-state index contributed by atoms with van der Waals surface area (Å²) in [5.74, 6) is 0. The lowest BCUT2D eigenvalue weighted by molar-refractivity contribution is 1.08. The Morgan fingerprint density at radius 2 is 1.06 bits per heavy atom. The number of H-pyrrole nitrogens is 2. The smallest absolute Gasteiger partial charge is 0.130 e. The number of nitrogens with zero attached hydrogens (tertiary/aromatic N) is 6. The lowest BCUT2D eigenvalue weighted by Gasteiger charge is -1.97. The van der Waals surface area contributed by atoms with Crippen LogP contribution in [0, 0.1) is 0 Å². The lowest BCUT2D eigenvalue weighted by Crippen LogP contribution is -1.83. The molecule has 0 aliphatic heterocycles. The Kier molecular flexibility index (Phi) is 6.63. The fourth-order valence-corrected chi connectivity index (χ4v) is 3.58. The predicted octanol–water partition coefficient (Wildman–Crippen LogP) is 5.72. The molecule has 0 spiro atoms. The summed E-state index contributed by atoms with van der Waals surface area (Å²) in [5.41, 5.74) is 6.29. The number of hydrogen-bond acceptors (Lipinski definition) is 6. The highest BCUT2D eigenvalue weighted by Crippen LogP contribution is 2.32. The first-order valence-corrected chi connectivity index (χ1v) is 11.1. The van der Waals surface area contributed by atoms with Gasteiger partial charge in [0, 0.05) is 24.8 Å². The number of aromatic nitrogens is 8. The van der Waals surface area contributed by atoms with Crippen molar-refractivity contribution < 1.29 is 0 Å². The first-order chi connectivity index (χ1) is 17.3. The van der Waals surface area contributed by atoms with Crippen molar-refractivity contribution in [2.75, 3.05) is 0 Å². The average molecular weight is 479 g/mol. The Hall–Kier alpha value is -4.69. The molecule has 9 heteroatoms. The summed E-state index contributed by atoms with van der Waals surface area (Å²) in [6.07, 6.45) is 6.94. The third kappa shape index (κ3) is 5.13. The van der Waals surface area contributed by atoms with Gasteiger partial charge >= 0.3 is 0 Å². The van der Waals surface area contributed by atoms with Crippen molar-refractivity contribution in [2.24, 2.45) is 0 Å². The van der Waals surface area contributed by atoms with Crippen molar-refractivity contribution in [1.29, 1.82) is 0 Å². The monoisotopic (exact) mass is 478 g/mol. The van der Waals surface area contributed by atoms with Gasteiger partial charge in [-0.3, -0.25) is 30.1 Å². The molecule has 0 radical (unpaired) electrons. The van der Waals surface area contributed by atoms with E-state index in [1.165, 1.54) is 0 Å². The Morgan fingerprint density at radius 1 is 0.514 bits per heavy atom. The Morgan fingerprint density at radius 3 is 1.63 bits per heavy atom. The summed E-state index contributed by atoms with van der Waals surface area (Å²) in [4.78, 5) is 17.0. The SMILES string of the molecule is Clc1c(-c2ccccn2)n[nH]c1-c1ccccn1.c1ccc(-c2cc(-c3ccccn3)[nH]n2)nc1. The molecule has 6 aromatic heterocycles. The molecule has 0 atom stereocenters. The maximum absolute atomic E-state index is 6.32. The molecule has 6 aromatic rings. The van der Waals surface area contributed by atoms with Gasteiger partial charge in [-0.05, 0) is 54.6 Å². The minimum atomic E-state index is 0.535. The van der Waals surface area contributed by atoms with E-state index in [-0.39, 0.29) is 0 Å². The molecule has 35 heavy (non-hydrogen) atoms. The van der Waals surface area contributed by atoms with Crippen LogP contribution in [0.1, 0.15) is 0 Å². The highest BCUT2D eigenvalue weighted by atomic mass is 35.5. The van der Waals surface area contributed by atoms with E-state index in [2.05, 4.69) is 40.3 Å². The van der Waals surface area contributed by atoms with E-state index in [9.17, 15) is 0 Å². The van der Waals surface area contributed by atoms with E-state index in [4.69, 9.17) is 11.6 Å². The first-order valence-electron chi connectivity index (χ1n) is 10.7. The molecule has 0 unspecified atom stereocenters. The highest BCUT2D eigenvalue weighted by molar-refractivity contribution is 6.35. The number of rotatable bonds is 4. The molecule has 0 fully saturated rings. The summed E-state index contributed by atoms with van der Waals surface area (Å²) in [5, 5.41) is 14.8. The van der Waals surface area contributed by atoms with Crippen LogP contribution in [0.2, 0.25) is 5.02 Å². The molecule has 0 aliphatic rings. The zero-order valence-corrected chi connectivity index (χ0v) is 19.1. The maximum Gasteiger partial charge on any atom is 0.130 e. The van der Waals surface area contributed by atoms with Crippen LogP contribution in [0.3, 0.4) is 0 Å². The topological polar surface area (TPSA) is 109 Å². The van der Waals surface area contributed by atoms with Gasteiger partial charge in [0.2, 0.25) is 0 Å². The van der Waals surface area contributed by atoms with Gasteiger partial charge < -0.3 is 0 Å². The van der Waals surface area contributed by atoms with Gasteiger partial charge in [-0.1, -0.05) is 35.9 Å². The standard InChI is InChI=1S/C13H9ClN4.C13H10N4/c14-11-12(9-5-1-3-7-15-9)17-18-13(11)10-6-2-4-8-16-10;1-3-7-14-10(5-1)12-9-13(17-16-12)11-6-2-4-8-15-11/h1-8H,(H,17,18);1-9H,(H,16,17). The third-order valence-corrected chi connectivity index (χ3v) is 5.35.